The van der Waals surface area contributed by atoms with E-state index >= 15 is 0 Å². The maximum absolute atomic E-state index is 3.55. The van der Waals surface area contributed by atoms with Gasteiger partial charge in [-0.3, -0.25) is 0 Å². The van der Waals surface area contributed by atoms with Gasteiger partial charge in [0, 0.05) is 10.5 Å². The van der Waals surface area contributed by atoms with Crippen molar-refractivity contribution in [3.63, 3.8) is 0 Å². The number of hydrogen-bond acceptors (Lipinski definition) is 1. The lowest BCUT2D eigenvalue weighted by Gasteiger charge is -2.30. The summed E-state index contributed by atoms with van der Waals surface area (Å²) in [6.45, 7) is 0. The predicted octanol–water partition coefficient (Wildman–Crippen LogP) is 4.54. The second-order valence-electron chi connectivity index (χ2n) is 5.85. The van der Waals surface area contributed by atoms with Crippen LogP contribution in [-0.4, -0.2) is 25.0 Å². The van der Waals surface area contributed by atoms with Crippen LogP contribution < -0.4 is 0 Å². The summed E-state index contributed by atoms with van der Waals surface area (Å²) in [6, 6.07) is 16.2. The molecule has 0 heterocycles. The fraction of sp³-hybridized carbons (Fsp3) is 0.333. The highest BCUT2D eigenvalue weighted by Gasteiger charge is 2.20. The molecule has 0 aromatic heterocycles. The Balaban J connectivity index is 1.91. The third-order valence-corrected chi connectivity index (χ3v) is 4.79. The summed E-state index contributed by atoms with van der Waals surface area (Å²) in [6.07, 6.45) is 3.64. The molecule has 0 aliphatic heterocycles. The topological polar surface area (TPSA) is 3.24 Å². The third kappa shape index (κ3) is 2.82. The van der Waals surface area contributed by atoms with Crippen LogP contribution in [0.3, 0.4) is 0 Å². The van der Waals surface area contributed by atoms with Gasteiger partial charge in [0.1, 0.15) is 0 Å². The van der Waals surface area contributed by atoms with Crippen LogP contribution in [0.5, 0.6) is 0 Å². The van der Waals surface area contributed by atoms with Crippen molar-refractivity contribution in [3.8, 4) is 11.1 Å². The van der Waals surface area contributed by atoms with E-state index < -0.39 is 0 Å². The fourth-order valence-corrected chi connectivity index (χ4v) is 3.42. The van der Waals surface area contributed by atoms with Crippen molar-refractivity contribution < 1.29 is 0 Å². The van der Waals surface area contributed by atoms with Gasteiger partial charge in [-0.05, 0) is 67.7 Å². The Hall–Kier alpha value is -1.12. The number of likely N-dealkylation sites (N-methyl/N-ethyl adjacent to an activating group) is 1. The van der Waals surface area contributed by atoms with E-state index in [0.717, 1.165) is 4.47 Å². The van der Waals surface area contributed by atoms with E-state index in [4.69, 9.17) is 0 Å². The van der Waals surface area contributed by atoms with E-state index in [-0.39, 0.29) is 0 Å². The molecule has 0 saturated carbocycles. The molecule has 104 valence electrons. The zero-order valence-electron chi connectivity index (χ0n) is 12.1. The van der Waals surface area contributed by atoms with Gasteiger partial charge in [-0.2, -0.15) is 0 Å². The molecule has 1 aliphatic rings. The summed E-state index contributed by atoms with van der Waals surface area (Å²) in [7, 11) is 4.37. The second-order valence-corrected chi connectivity index (χ2v) is 6.77. The second kappa shape index (κ2) is 5.71. The standard InChI is InChI=1S/C18H20BrN/c1-20(2)18-9-8-15-10-14(6-7-16(15)12-18)13-4-3-5-17(19)11-13/h3-7,10-11,18H,8-9,12H2,1-2H3. The average molecular weight is 330 g/mol. The van der Waals surface area contributed by atoms with Crippen LogP contribution in [0, 0.1) is 0 Å². The molecule has 20 heavy (non-hydrogen) atoms. The summed E-state index contributed by atoms with van der Waals surface area (Å²) in [5.74, 6) is 0. The van der Waals surface area contributed by atoms with Gasteiger partial charge < -0.3 is 4.90 Å². The molecule has 0 amide bonds. The molecular formula is C18H20BrN. The first-order chi connectivity index (χ1) is 9.63. The zero-order chi connectivity index (χ0) is 14.1. The molecule has 1 nitrogen and oxygen atoms in total. The third-order valence-electron chi connectivity index (χ3n) is 4.30. The Labute approximate surface area is 129 Å². The SMILES string of the molecule is CN(C)C1CCc2cc(-c3cccc(Br)c3)ccc2C1. The summed E-state index contributed by atoms with van der Waals surface area (Å²) in [5.41, 5.74) is 5.67. The summed E-state index contributed by atoms with van der Waals surface area (Å²) < 4.78 is 1.14. The number of rotatable bonds is 2. The van der Waals surface area contributed by atoms with Crippen molar-refractivity contribution in [2.24, 2.45) is 0 Å². The largest absolute Gasteiger partial charge is 0.306 e. The van der Waals surface area contributed by atoms with Gasteiger partial charge in [-0.15, -0.1) is 0 Å². The molecule has 0 radical (unpaired) electrons. The van der Waals surface area contributed by atoms with Crippen LogP contribution in [0.4, 0.5) is 0 Å². The van der Waals surface area contributed by atoms with Crippen molar-refractivity contribution in [2.45, 2.75) is 25.3 Å². The molecule has 0 spiro atoms. The highest BCUT2D eigenvalue weighted by molar-refractivity contribution is 9.10. The molecule has 1 unspecified atom stereocenters. The van der Waals surface area contributed by atoms with E-state index in [1.807, 2.05) is 0 Å². The number of hydrogen-bond donors (Lipinski definition) is 0. The molecule has 0 N–H and O–H groups in total. The number of fused-ring (bicyclic) bond motifs is 1. The Morgan fingerprint density at radius 1 is 1.00 bits per heavy atom. The van der Waals surface area contributed by atoms with Crippen LogP contribution in [-0.2, 0) is 12.8 Å². The highest BCUT2D eigenvalue weighted by atomic mass is 79.9. The Morgan fingerprint density at radius 2 is 1.80 bits per heavy atom. The van der Waals surface area contributed by atoms with Crippen LogP contribution >= 0.6 is 15.9 Å². The van der Waals surface area contributed by atoms with Crippen LogP contribution in [0.15, 0.2) is 46.9 Å². The molecule has 1 aliphatic carbocycles. The summed E-state index contributed by atoms with van der Waals surface area (Å²) in [4.78, 5) is 2.35. The zero-order valence-corrected chi connectivity index (χ0v) is 13.7. The maximum atomic E-state index is 3.55. The normalized spacial score (nSPS) is 18.1. The van der Waals surface area contributed by atoms with Gasteiger partial charge >= 0.3 is 0 Å². The van der Waals surface area contributed by atoms with E-state index in [1.54, 1.807) is 0 Å². The fourth-order valence-electron chi connectivity index (χ4n) is 3.02. The van der Waals surface area contributed by atoms with Gasteiger partial charge in [-0.1, -0.05) is 46.3 Å². The van der Waals surface area contributed by atoms with Crippen molar-refractivity contribution >= 4 is 15.9 Å². The lowest BCUT2D eigenvalue weighted by Crippen LogP contribution is -2.33. The predicted molar refractivity (Wildman–Crippen MR) is 89.1 cm³/mol. The Bertz CT molecular complexity index is 619. The first kappa shape index (κ1) is 13.8. The van der Waals surface area contributed by atoms with Crippen molar-refractivity contribution in [2.75, 3.05) is 14.1 Å². The van der Waals surface area contributed by atoms with Gasteiger partial charge in [0.25, 0.3) is 0 Å². The Morgan fingerprint density at radius 3 is 2.55 bits per heavy atom. The van der Waals surface area contributed by atoms with Crippen LogP contribution in [0.25, 0.3) is 11.1 Å². The minimum Gasteiger partial charge on any atom is -0.306 e. The Kier molecular flexibility index (Phi) is 3.95. The van der Waals surface area contributed by atoms with Gasteiger partial charge in [0.15, 0.2) is 0 Å². The molecule has 0 fully saturated rings. The van der Waals surface area contributed by atoms with Gasteiger partial charge in [0.2, 0.25) is 0 Å². The molecule has 2 aromatic carbocycles. The molecule has 2 aromatic rings. The van der Waals surface area contributed by atoms with Gasteiger partial charge in [0.05, 0.1) is 0 Å². The minimum atomic E-state index is 0.694. The average Bonchev–Trinajstić information content (AvgIpc) is 2.46. The summed E-state index contributed by atoms with van der Waals surface area (Å²) in [5, 5.41) is 0. The van der Waals surface area contributed by atoms with Crippen molar-refractivity contribution in [1.82, 2.24) is 4.90 Å². The van der Waals surface area contributed by atoms with E-state index in [1.165, 1.54) is 41.5 Å². The molecule has 0 bridgehead atoms. The van der Waals surface area contributed by atoms with Crippen molar-refractivity contribution in [1.29, 1.82) is 0 Å². The van der Waals surface area contributed by atoms with E-state index in [9.17, 15) is 0 Å². The van der Waals surface area contributed by atoms with E-state index in [2.05, 4.69) is 77.4 Å². The molecule has 2 heteroatoms. The number of halogens is 1. The monoisotopic (exact) mass is 329 g/mol. The number of aryl methyl sites for hydroxylation is 1. The first-order valence-corrected chi connectivity index (χ1v) is 7.97. The highest BCUT2D eigenvalue weighted by Crippen LogP contribution is 2.29. The number of benzene rings is 2. The maximum Gasteiger partial charge on any atom is 0.0181 e. The first-order valence-electron chi connectivity index (χ1n) is 7.17. The number of nitrogens with zero attached hydrogens (tertiary/aromatic N) is 1. The molecule has 1 atom stereocenters. The molecule has 3 rings (SSSR count). The lowest BCUT2D eigenvalue weighted by molar-refractivity contribution is 0.268. The summed E-state index contributed by atoms with van der Waals surface area (Å²) >= 11 is 3.55. The van der Waals surface area contributed by atoms with E-state index in [0.29, 0.717) is 6.04 Å². The minimum absolute atomic E-state index is 0.694. The molecule has 0 saturated heterocycles. The van der Waals surface area contributed by atoms with Crippen molar-refractivity contribution in [3.05, 3.63) is 58.1 Å². The smallest absolute Gasteiger partial charge is 0.0181 e. The van der Waals surface area contributed by atoms with Crippen LogP contribution in [0.2, 0.25) is 0 Å². The quantitative estimate of drug-likeness (QED) is 0.782. The van der Waals surface area contributed by atoms with Crippen LogP contribution in [0.1, 0.15) is 17.5 Å². The van der Waals surface area contributed by atoms with Gasteiger partial charge in [-0.25, -0.2) is 0 Å². The lowest BCUT2D eigenvalue weighted by atomic mass is 9.86. The molecular weight excluding hydrogens is 310 g/mol.